The molecule has 2 heterocycles. The average Bonchev–Trinajstić information content (AvgIpc) is 3.05. The first-order valence-electron chi connectivity index (χ1n) is 11.4. The lowest BCUT2D eigenvalue weighted by molar-refractivity contribution is -0.137. The summed E-state index contributed by atoms with van der Waals surface area (Å²) in [5, 5.41) is 5.76. The highest BCUT2D eigenvalue weighted by molar-refractivity contribution is 6.09. The number of pyridine rings is 1. The van der Waals surface area contributed by atoms with Gasteiger partial charge in [0.15, 0.2) is 0 Å². The number of rotatable bonds is 7. The minimum atomic E-state index is -0.854. The Bertz CT molecular complexity index is 1010. The van der Waals surface area contributed by atoms with Crippen LogP contribution in [0.15, 0.2) is 48.8 Å². The standard InChI is InChI=1S/C25H30N4O4/c1-17-6-3-4-12-25(17)23(31)29(24(32)28-25)15-22(30)27-18(2)20-8-10-21(11-9-20)33-16-19-7-5-13-26-14-19/h5,7-11,13-14,17-18H,3-4,6,12,15-16H2,1-2H3,(H,27,30)(H,28,32). The van der Waals surface area contributed by atoms with Crippen LogP contribution in [0.3, 0.4) is 0 Å². The molecule has 8 nitrogen and oxygen atoms in total. The van der Waals surface area contributed by atoms with Crippen LogP contribution in [0, 0.1) is 5.92 Å². The van der Waals surface area contributed by atoms with Gasteiger partial charge in [0.05, 0.1) is 6.04 Å². The zero-order valence-corrected chi connectivity index (χ0v) is 19.0. The van der Waals surface area contributed by atoms with Crippen molar-refractivity contribution in [3.63, 3.8) is 0 Å². The second-order valence-electron chi connectivity index (χ2n) is 8.95. The summed E-state index contributed by atoms with van der Waals surface area (Å²) >= 11 is 0. The first-order valence-corrected chi connectivity index (χ1v) is 11.4. The summed E-state index contributed by atoms with van der Waals surface area (Å²) in [4.78, 5) is 43.3. The van der Waals surface area contributed by atoms with Gasteiger partial charge < -0.3 is 15.4 Å². The van der Waals surface area contributed by atoms with Crippen LogP contribution in [0.1, 0.15) is 56.7 Å². The van der Waals surface area contributed by atoms with Gasteiger partial charge >= 0.3 is 6.03 Å². The molecule has 2 fully saturated rings. The average molecular weight is 451 g/mol. The number of aromatic nitrogens is 1. The van der Waals surface area contributed by atoms with Crippen LogP contribution in [0.5, 0.6) is 5.75 Å². The zero-order chi connectivity index (χ0) is 23.4. The number of hydrogen-bond donors (Lipinski definition) is 2. The highest BCUT2D eigenvalue weighted by Crippen LogP contribution is 2.38. The van der Waals surface area contributed by atoms with Crippen LogP contribution in [-0.4, -0.2) is 39.8 Å². The highest BCUT2D eigenvalue weighted by atomic mass is 16.5. The fourth-order valence-electron chi connectivity index (χ4n) is 4.66. The molecule has 3 unspecified atom stereocenters. The van der Waals surface area contributed by atoms with Crippen LogP contribution in [0.25, 0.3) is 0 Å². The molecule has 1 saturated carbocycles. The van der Waals surface area contributed by atoms with Gasteiger partial charge in [0, 0.05) is 18.0 Å². The Balaban J connectivity index is 1.31. The van der Waals surface area contributed by atoms with E-state index in [0.29, 0.717) is 18.8 Å². The number of amides is 4. The summed E-state index contributed by atoms with van der Waals surface area (Å²) in [6.07, 6.45) is 6.95. The minimum absolute atomic E-state index is 0.0635. The molecule has 1 aromatic heterocycles. The van der Waals surface area contributed by atoms with Crippen molar-refractivity contribution in [1.82, 2.24) is 20.5 Å². The number of nitrogens with one attached hydrogen (secondary N) is 2. The molecule has 0 radical (unpaired) electrons. The predicted molar refractivity (Wildman–Crippen MR) is 122 cm³/mol. The van der Waals surface area contributed by atoms with Crippen molar-refractivity contribution in [3.05, 3.63) is 59.9 Å². The lowest BCUT2D eigenvalue weighted by atomic mass is 9.73. The molecule has 1 spiro atoms. The number of urea groups is 1. The van der Waals surface area contributed by atoms with E-state index >= 15 is 0 Å². The third-order valence-electron chi connectivity index (χ3n) is 6.69. The molecule has 8 heteroatoms. The molecule has 33 heavy (non-hydrogen) atoms. The van der Waals surface area contributed by atoms with Crippen molar-refractivity contribution in [2.24, 2.45) is 5.92 Å². The maximum Gasteiger partial charge on any atom is 0.325 e. The number of ether oxygens (including phenoxy) is 1. The molecule has 2 aliphatic rings. The van der Waals surface area contributed by atoms with E-state index in [0.717, 1.165) is 35.3 Å². The lowest BCUT2D eigenvalue weighted by Crippen LogP contribution is -2.54. The predicted octanol–water partition coefficient (Wildman–Crippen LogP) is 3.34. The molecule has 4 amide bonds. The maximum atomic E-state index is 13.0. The molecule has 4 rings (SSSR count). The second kappa shape index (κ2) is 9.60. The smallest absolute Gasteiger partial charge is 0.325 e. The van der Waals surface area contributed by atoms with Crippen molar-refractivity contribution in [2.75, 3.05) is 6.54 Å². The van der Waals surface area contributed by atoms with E-state index < -0.39 is 11.6 Å². The lowest BCUT2D eigenvalue weighted by Gasteiger charge is -2.36. The van der Waals surface area contributed by atoms with Crippen LogP contribution < -0.4 is 15.4 Å². The largest absolute Gasteiger partial charge is 0.489 e. The quantitative estimate of drug-likeness (QED) is 0.630. The fraction of sp³-hybridized carbons (Fsp3) is 0.440. The molecule has 1 aliphatic heterocycles. The molecule has 3 atom stereocenters. The number of imide groups is 1. The molecule has 1 aromatic carbocycles. The van der Waals surface area contributed by atoms with Gasteiger partial charge in [-0.2, -0.15) is 0 Å². The van der Waals surface area contributed by atoms with Gasteiger partial charge in [-0.15, -0.1) is 0 Å². The van der Waals surface area contributed by atoms with E-state index in [-0.39, 0.29) is 30.3 Å². The van der Waals surface area contributed by atoms with E-state index in [4.69, 9.17) is 4.74 Å². The SMILES string of the molecule is CC(NC(=O)CN1C(=O)NC2(CCCCC2C)C1=O)c1ccc(OCc2cccnc2)cc1. The highest BCUT2D eigenvalue weighted by Gasteiger charge is 2.55. The minimum Gasteiger partial charge on any atom is -0.489 e. The Labute approximate surface area is 193 Å². The Morgan fingerprint density at radius 3 is 2.76 bits per heavy atom. The third-order valence-corrected chi connectivity index (χ3v) is 6.69. The van der Waals surface area contributed by atoms with Crippen LogP contribution >= 0.6 is 0 Å². The number of carbonyl (C=O) groups is 3. The van der Waals surface area contributed by atoms with Crippen molar-refractivity contribution >= 4 is 17.8 Å². The van der Waals surface area contributed by atoms with E-state index in [2.05, 4.69) is 15.6 Å². The van der Waals surface area contributed by atoms with Crippen LogP contribution in [0.4, 0.5) is 4.79 Å². The maximum absolute atomic E-state index is 13.0. The topological polar surface area (TPSA) is 101 Å². The van der Waals surface area contributed by atoms with Gasteiger partial charge in [-0.05, 0) is 49.4 Å². The van der Waals surface area contributed by atoms with Crippen LogP contribution in [0.2, 0.25) is 0 Å². The Kier molecular flexibility index (Phi) is 6.62. The van der Waals surface area contributed by atoms with Crippen molar-refractivity contribution in [1.29, 1.82) is 0 Å². The zero-order valence-electron chi connectivity index (χ0n) is 19.0. The van der Waals surface area contributed by atoms with Gasteiger partial charge in [0.25, 0.3) is 5.91 Å². The normalized spacial score (nSPS) is 23.3. The molecule has 1 saturated heterocycles. The Hall–Kier alpha value is -3.42. The summed E-state index contributed by atoms with van der Waals surface area (Å²) in [5.41, 5.74) is 1.02. The van der Waals surface area contributed by atoms with Gasteiger partial charge in [0.2, 0.25) is 5.91 Å². The molecule has 0 bridgehead atoms. The number of nitrogens with zero attached hydrogens (tertiary/aromatic N) is 2. The van der Waals surface area contributed by atoms with Gasteiger partial charge in [0.1, 0.15) is 24.4 Å². The first-order chi connectivity index (χ1) is 15.9. The first kappa shape index (κ1) is 22.8. The van der Waals surface area contributed by atoms with E-state index in [1.165, 1.54) is 0 Å². The number of hydrogen-bond acceptors (Lipinski definition) is 5. The third kappa shape index (κ3) is 4.84. The van der Waals surface area contributed by atoms with Gasteiger partial charge in [-0.1, -0.05) is 38.0 Å². The molecular formula is C25H30N4O4. The molecule has 174 valence electrons. The molecule has 1 aliphatic carbocycles. The van der Waals surface area contributed by atoms with E-state index in [1.807, 2.05) is 50.2 Å². The van der Waals surface area contributed by atoms with Crippen molar-refractivity contribution in [3.8, 4) is 5.75 Å². The summed E-state index contributed by atoms with van der Waals surface area (Å²) in [6.45, 7) is 3.99. The second-order valence-corrected chi connectivity index (χ2v) is 8.95. The summed E-state index contributed by atoms with van der Waals surface area (Å²) < 4.78 is 5.77. The van der Waals surface area contributed by atoms with Crippen molar-refractivity contribution < 1.29 is 19.1 Å². The Morgan fingerprint density at radius 2 is 2.06 bits per heavy atom. The Morgan fingerprint density at radius 1 is 1.27 bits per heavy atom. The molecular weight excluding hydrogens is 420 g/mol. The monoisotopic (exact) mass is 450 g/mol. The van der Waals surface area contributed by atoms with E-state index in [1.54, 1.807) is 12.4 Å². The van der Waals surface area contributed by atoms with Crippen LogP contribution in [-0.2, 0) is 16.2 Å². The van der Waals surface area contributed by atoms with Crippen molar-refractivity contribution in [2.45, 2.75) is 57.7 Å². The fourth-order valence-corrected chi connectivity index (χ4v) is 4.66. The molecule has 2 N–H and O–H groups in total. The number of benzene rings is 1. The summed E-state index contributed by atoms with van der Waals surface area (Å²) in [6, 6.07) is 10.5. The summed E-state index contributed by atoms with van der Waals surface area (Å²) in [5.74, 6) is 0.127. The van der Waals surface area contributed by atoms with Gasteiger partial charge in [-0.3, -0.25) is 19.5 Å². The number of carbonyl (C=O) groups excluding carboxylic acids is 3. The van der Waals surface area contributed by atoms with E-state index in [9.17, 15) is 14.4 Å². The van der Waals surface area contributed by atoms with Gasteiger partial charge in [-0.25, -0.2) is 4.79 Å². The molecule has 2 aromatic rings. The summed E-state index contributed by atoms with van der Waals surface area (Å²) in [7, 11) is 0.